The summed E-state index contributed by atoms with van der Waals surface area (Å²) in [7, 11) is 0. The van der Waals surface area contributed by atoms with Crippen LogP contribution in [0.4, 0.5) is 4.39 Å². The number of benzene rings is 1. The lowest BCUT2D eigenvalue weighted by molar-refractivity contribution is -0.143. The molecule has 0 aromatic heterocycles. The third-order valence-electron chi connectivity index (χ3n) is 3.35. The molecule has 1 amide bonds. The topological polar surface area (TPSA) is 57.6 Å². The molecule has 0 aliphatic carbocycles. The van der Waals surface area contributed by atoms with Crippen molar-refractivity contribution in [2.24, 2.45) is 5.92 Å². The number of nitrogens with zero attached hydrogens (tertiary/aromatic N) is 1. The normalized spacial score (nSPS) is 19.3. The Balaban J connectivity index is 2.16. The third kappa shape index (κ3) is 3.10. The predicted octanol–water partition coefficient (Wildman–Crippen LogP) is 2.07. The lowest BCUT2D eigenvalue weighted by atomic mass is 9.97. The minimum atomic E-state index is -0.882. The number of carbonyl (C=O) groups is 2. The first-order valence-electron chi connectivity index (χ1n) is 6.26. The number of amides is 1. The number of halogens is 1. The van der Waals surface area contributed by atoms with Gasteiger partial charge in [-0.15, -0.1) is 0 Å². The molecule has 19 heavy (non-hydrogen) atoms. The van der Waals surface area contributed by atoms with Crippen LogP contribution in [0.15, 0.2) is 18.2 Å². The van der Waals surface area contributed by atoms with Crippen molar-refractivity contribution in [3.05, 3.63) is 35.1 Å². The summed E-state index contributed by atoms with van der Waals surface area (Å²) in [6, 6.07) is 4.17. The van der Waals surface area contributed by atoms with Crippen LogP contribution in [0.5, 0.6) is 0 Å². The summed E-state index contributed by atoms with van der Waals surface area (Å²) in [6.45, 7) is 2.44. The number of carboxylic acid groups (broad SMARTS) is 1. The van der Waals surface area contributed by atoms with E-state index in [2.05, 4.69) is 0 Å². The lowest BCUT2D eigenvalue weighted by Gasteiger charge is -2.30. The van der Waals surface area contributed by atoms with Crippen LogP contribution in [0, 0.1) is 18.7 Å². The van der Waals surface area contributed by atoms with Crippen LogP contribution < -0.4 is 0 Å². The molecule has 0 unspecified atom stereocenters. The fourth-order valence-corrected chi connectivity index (χ4v) is 2.41. The monoisotopic (exact) mass is 265 g/mol. The molecule has 1 aliphatic rings. The maximum absolute atomic E-state index is 13.3. The molecular formula is C14H16FNO3. The molecule has 1 atom stereocenters. The smallest absolute Gasteiger partial charge is 0.308 e. The number of piperidine rings is 1. The van der Waals surface area contributed by atoms with Crippen LogP contribution in [0.25, 0.3) is 0 Å². The minimum Gasteiger partial charge on any atom is -0.481 e. The van der Waals surface area contributed by atoms with Crippen LogP contribution in [0.3, 0.4) is 0 Å². The van der Waals surface area contributed by atoms with E-state index in [0.717, 1.165) is 0 Å². The molecule has 102 valence electrons. The molecule has 1 aromatic carbocycles. The van der Waals surface area contributed by atoms with Gasteiger partial charge in [-0.3, -0.25) is 9.59 Å². The van der Waals surface area contributed by atoms with Gasteiger partial charge in [-0.05, 0) is 43.5 Å². The highest BCUT2D eigenvalue weighted by Gasteiger charge is 2.28. The van der Waals surface area contributed by atoms with E-state index in [1.165, 1.54) is 17.0 Å². The van der Waals surface area contributed by atoms with Crippen LogP contribution in [-0.2, 0) is 4.79 Å². The molecule has 1 aromatic rings. The van der Waals surface area contributed by atoms with E-state index in [1.807, 2.05) is 0 Å². The minimum absolute atomic E-state index is 0.198. The SMILES string of the molecule is Cc1cc(F)cc(C(=O)N2CCC[C@H](C(=O)O)C2)c1. The molecule has 0 radical (unpaired) electrons. The summed E-state index contributed by atoms with van der Waals surface area (Å²) in [5.41, 5.74) is 0.957. The van der Waals surface area contributed by atoms with Crippen LogP contribution >= 0.6 is 0 Å². The molecule has 2 rings (SSSR count). The second-order valence-corrected chi connectivity index (χ2v) is 4.95. The van der Waals surface area contributed by atoms with Crippen molar-refractivity contribution in [2.75, 3.05) is 13.1 Å². The molecule has 4 nitrogen and oxygen atoms in total. The van der Waals surface area contributed by atoms with Crippen LogP contribution in [0.1, 0.15) is 28.8 Å². The highest BCUT2D eigenvalue weighted by molar-refractivity contribution is 5.94. The van der Waals surface area contributed by atoms with Gasteiger partial charge in [0.05, 0.1) is 5.92 Å². The predicted molar refractivity (Wildman–Crippen MR) is 67.4 cm³/mol. The summed E-state index contributed by atoms with van der Waals surface area (Å²) in [6.07, 6.45) is 1.25. The zero-order valence-electron chi connectivity index (χ0n) is 10.7. The van der Waals surface area contributed by atoms with Gasteiger partial charge in [0.15, 0.2) is 0 Å². The summed E-state index contributed by atoms with van der Waals surface area (Å²) < 4.78 is 13.3. The second-order valence-electron chi connectivity index (χ2n) is 4.95. The van der Waals surface area contributed by atoms with Crippen molar-refractivity contribution in [3.63, 3.8) is 0 Å². The number of rotatable bonds is 2. The van der Waals surface area contributed by atoms with E-state index in [9.17, 15) is 14.0 Å². The molecule has 5 heteroatoms. The first-order chi connectivity index (χ1) is 8.97. The van der Waals surface area contributed by atoms with Gasteiger partial charge in [-0.25, -0.2) is 4.39 Å². The molecule has 1 saturated heterocycles. The Morgan fingerprint density at radius 1 is 1.37 bits per heavy atom. The van der Waals surface area contributed by atoms with Gasteiger partial charge >= 0.3 is 5.97 Å². The number of carboxylic acids is 1. The van der Waals surface area contributed by atoms with Gasteiger partial charge in [0.25, 0.3) is 5.91 Å². The molecule has 1 aliphatic heterocycles. The zero-order valence-corrected chi connectivity index (χ0v) is 10.7. The molecule has 0 saturated carbocycles. The second kappa shape index (κ2) is 5.38. The number of likely N-dealkylation sites (tertiary alicyclic amines) is 1. The summed E-state index contributed by atoms with van der Waals surface area (Å²) >= 11 is 0. The highest BCUT2D eigenvalue weighted by atomic mass is 19.1. The number of carbonyl (C=O) groups excluding carboxylic acids is 1. The standard InChI is InChI=1S/C14H16FNO3/c1-9-5-11(7-12(15)6-9)13(17)16-4-2-3-10(8-16)14(18)19/h5-7,10H,2-4,8H2,1H3,(H,18,19)/t10-/m0/s1. The number of hydrogen-bond acceptors (Lipinski definition) is 2. The Hall–Kier alpha value is -1.91. The average Bonchev–Trinajstić information content (AvgIpc) is 2.37. The van der Waals surface area contributed by atoms with E-state index in [-0.39, 0.29) is 18.0 Å². The van der Waals surface area contributed by atoms with Crippen molar-refractivity contribution < 1.29 is 19.1 Å². The van der Waals surface area contributed by atoms with E-state index < -0.39 is 17.7 Å². The Labute approximate surface area is 110 Å². The quantitative estimate of drug-likeness (QED) is 0.890. The van der Waals surface area contributed by atoms with Crippen molar-refractivity contribution in [1.29, 1.82) is 0 Å². The van der Waals surface area contributed by atoms with Gasteiger partial charge in [0.1, 0.15) is 5.82 Å². The molecule has 1 N–H and O–H groups in total. The van der Waals surface area contributed by atoms with Gasteiger partial charge in [0, 0.05) is 18.7 Å². The maximum atomic E-state index is 13.3. The van der Waals surface area contributed by atoms with Gasteiger partial charge in [-0.2, -0.15) is 0 Å². The van der Waals surface area contributed by atoms with Crippen molar-refractivity contribution in [2.45, 2.75) is 19.8 Å². The number of aryl methyl sites for hydroxylation is 1. The van der Waals surface area contributed by atoms with Gasteiger partial charge in [-0.1, -0.05) is 0 Å². The molecule has 0 spiro atoms. The van der Waals surface area contributed by atoms with Gasteiger partial charge in [0.2, 0.25) is 0 Å². The van der Waals surface area contributed by atoms with Crippen molar-refractivity contribution >= 4 is 11.9 Å². The number of hydrogen-bond donors (Lipinski definition) is 1. The van der Waals surface area contributed by atoms with E-state index in [1.54, 1.807) is 13.0 Å². The Kier molecular flexibility index (Phi) is 3.83. The molecule has 0 bridgehead atoms. The van der Waals surface area contributed by atoms with E-state index in [0.29, 0.717) is 24.9 Å². The van der Waals surface area contributed by atoms with E-state index >= 15 is 0 Å². The zero-order chi connectivity index (χ0) is 14.0. The third-order valence-corrected chi connectivity index (χ3v) is 3.35. The highest BCUT2D eigenvalue weighted by Crippen LogP contribution is 2.19. The number of aliphatic carboxylic acids is 1. The first kappa shape index (κ1) is 13.5. The van der Waals surface area contributed by atoms with Crippen molar-refractivity contribution in [3.8, 4) is 0 Å². The first-order valence-corrected chi connectivity index (χ1v) is 6.26. The summed E-state index contributed by atoms with van der Waals surface area (Å²) in [5.74, 6) is -2.15. The van der Waals surface area contributed by atoms with E-state index in [4.69, 9.17) is 5.11 Å². The van der Waals surface area contributed by atoms with Gasteiger partial charge < -0.3 is 10.0 Å². The average molecular weight is 265 g/mol. The Morgan fingerprint density at radius 2 is 2.11 bits per heavy atom. The molecule has 1 heterocycles. The lowest BCUT2D eigenvalue weighted by Crippen LogP contribution is -2.42. The van der Waals surface area contributed by atoms with Crippen molar-refractivity contribution in [1.82, 2.24) is 4.90 Å². The molecule has 1 fully saturated rings. The Bertz CT molecular complexity index is 495. The largest absolute Gasteiger partial charge is 0.481 e. The fraction of sp³-hybridized carbons (Fsp3) is 0.429. The summed E-state index contributed by atoms with van der Waals surface area (Å²) in [4.78, 5) is 24.7. The maximum Gasteiger partial charge on any atom is 0.308 e. The van der Waals surface area contributed by atoms with Crippen LogP contribution in [-0.4, -0.2) is 35.0 Å². The summed E-state index contributed by atoms with van der Waals surface area (Å²) in [5, 5.41) is 9.00. The van der Waals surface area contributed by atoms with Crippen LogP contribution in [0.2, 0.25) is 0 Å². The molecular weight excluding hydrogens is 249 g/mol. The Morgan fingerprint density at radius 3 is 2.74 bits per heavy atom. The fourth-order valence-electron chi connectivity index (χ4n) is 2.41.